The van der Waals surface area contributed by atoms with Crippen LogP contribution in [0.2, 0.25) is 0 Å². The standard InChI is InChI=1S/C13H22N4O3S/c1-14-11-3-2-5-16(8-11)21(18,19)13-7-15-17(9-13)12-4-6-20-10-12/h7,9,11-12,14H,2-6,8,10H2,1H3. The van der Waals surface area contributed by atoms with Gasteiger partial charge in [-0.1, -0.05) is 0 Å². The Balaban J connectivity index is 1.78. The Hall–Kier alpha value is -0.960. The molecular weight excluding hydrogens is 292 g/mol. The number of hydrogen-bond acceptors (Lipinski definition) is 5. The molecule has 2 fully saturated rings. The van der Waals surface area contributed by atoms with E-state index in [4.69, 9.17) is 4.74 Å². The zero-order chi connectivity index (χ0) is 14.9. The molecule has 7 nitrogen and oxygen atoms in total. The van der Waals surface area contributed by atoms with Gasteiger partial charge in [-0.3, -0.25) is 4.68 Å². The fourth-order valence-electron chi connectivity index (χ4n) is 2.93. The molecule has 3 rings (SSSR count). The van der Waals surface area contributed by atoms with Crippen molar-refractivity contribution in [3.63, 3.8) is 0 Å². The fourth-order valence-corrected chi connectivity index (χ4v) is 4.39. The molecule has 0 aromatic carbocycles. The number of likely N-dealkylation sites (N-methyl/N-ethyl adjacent to an activating group) is 1. The molecule has 0 amide bonds. The topological polar surface area (TPSA) is 76.5 Å². The third kappa shape index (κ3) is 2.98. The SMILES string of the molecule is CNC1CCCN(S(=O)(=O)c2cnn(C3CCOC3)c2)C1. The van der Waals surface area contributed by atoms with E-state index in [-0.39, 0.29) is 17.0 Å². The Labute approximate surface area is 125 Å². The Morgan fingerprint density at radius 1 is 1.43 bits per heavy atom. The molecule has 0 saturated carbocycles. The number of rotatable bonds is 4. The van der Waals surface area contributed by atoms with Gasteiger partial charge in [-0.2, -0.15) is 9.40 Å². The minimum absolute atomic E-state index is 0.153. The first kappa shape index (κ1) is 15.0. The molecule has 0 aliphatic carbocycles. The number of nitrogens with one attached hydrogen (secondary N) is 1. The van der Waals surface area contributed by atoms with Crippen LogP contribution in [0.1, 0.15) is 25.3 Å². The average molecular weight is 314 g/mol. The van der Waals surface area contributed by atoms with Gasteiger partial charge in [-0.15, -0.1) is 0 Å². The number of hydrogen-bond donors (Lipinski definition) is 1. The molecule has 3 heterocycles. The summed E-state index contributed by atoms with van der Waals surface area (Å²) in [5, 5.41) is 7.38. The van der Waals surface area contributed by atoms with E-state index >= 15 is 0 Å². The maximum absolute atomic E-state index is 12.7. The Kier molecular flexibility index (Phi) is 4.30. The monoisotopic (exact) mass is 314 g/mol. The molecule has 2 aliphatic rings. The van der Waals surface area contributed by atoms with Crippen molar-refractivity contribution in [2.75, 3.05) is 33.4 Å². The van der Waals surface area contributed by atoms with Crippen LogP contribution in [0.3, 0.4) is 0 Å². The van der Waals surface area contributed by atoms with Crippen molar-refractivity contribution in [1.82, 2.24) is 19.4 Å². The van der Waals surface area contributed by atoms with Gasteiger partial charge in [0.2, 0.25) is 10.0 Å². The molecule has 1 aromatic heterocycles. The van der Waals surface area contributed by atoms with E-state index in [1.807, 2.05) is 7.05 Å². The van der Waals surface area contributed by atoms with Gasteiger partial charge in [-0.05, 0) is 26.3 Å². The van der Waals surface area contributed by atoms with Crippen LogP contribution in [0, 0.1) is 0 Å². The minimum Gasteiger partial charge on any atom is -0.379 e. The van der Waals surface area contributed by atoms with Crippen LogP contribution in [0.25, 0.3) is 0 Å². The lowest BCUT2D eigenvalue weighted by atomic mass is 10.1. The highest BCUT2D eigenvalue weighted by molar-refractivity contribution is 7.89. The van der Waals surface area contributed by atoms with Gasteiger partial charge >= 0.3 is 0 Å². The van der Waals surface area contributed by atoms with Crippen LogP contribution in [0.15, 0.2) is 17.3 Å². The van der Waals surface area contributed by atoms with Gasteiger partial charge in [0.25, 0.3) is 0 Å². The third-order valence-corrected chi connectivity index (χ3v) is 6.11. The first-order chi connectivity index (χ1) is 10.1. The van der Waals surface area contributed by atoms with Crippen molar-refractivity contribution in [1.29, 1.82) is 0 Å². The molecule has 1 N–H and O–H groups in total. The van der Waals surface area contributed by atoms with Gasteiger partial charge < -0.3 is 10.1 Å². The van der Waals surface area contributed by atoms with Crippen molar-refractivity contribution in [2.45, 2.75) is 36.2 Å². The predicted octanol–water partition coefficient (Wildman–Crippen LogP) is 0.217. The van der Waals surface area contributed by atoms with E-state index in [9.17, 15) is 8.42 Å². The van der Waals surface area contributed by atoms with Crippen molar-refractivity contribution in [3.8, 4) is 0 Å². The van der Waals surface area contributed by atoms with E-state index in [1.165, 1.54) is 6.20 Å². The van der Waals surface area contributed by atoms with Gasteiger partial charge in [0.05, 0.1) is 18.8 Å². The lowest BCUT2D eigenvalue weighted by Gasteiger charge is -2.31. The maximum atomic E-state index is 12.7. The lowest BCUT2D eigenvalue weighted by Crippen LogP contribution is -2.46. The van der Waals surface area contributed by atoms with Crippen molar-refractivity contribution >= 4 is 10.0 Å². The van der Waals surface area contributed by atoms with Crippen molar-refractivity contribution in [2.24, 2.45) is 0 Å². The normalized spacial score (nSPS) is 28.0. The molecule has 21 heavy (non-hydrogen) atoms. The van der Waals surface area contributed by atoms with Crippen LogP contribution in [0.4, 0.5) is 0 Å². The van der Waals surface area contributed by atoms with Crippen molar-refractivity contribution in [3.05, 3.63) is 12.4 Å². The Morgan fingerprint density at radius 2 is 2.29 bits per heavy atom. The van der Waals surface area contributed by atoms with E-state index in [0.29, 0.717) is 26.3 Å². The molecule has 2 atom stereocenters. The van der Waals surface area contributed by atoms with Gasteiger partial charge in [0, 0.05) is 31.9 Å². The molecule has 0 spiro atoms. The summed E-state index contributed by atoms with van der Waals surface area (Å²) in [5.74, 6) is 0. The first-order valence-electron chi connectivity index (χ1n) is 7.40. The molecule has 1 aromatic rings. The molecule has 2 saturated heterocycles. The average Bonchev–Trinajstić information content (AvgIpc) is 3.18. The summed E-state index contributed by atoms with van der Waals surface area (Å²) in [6, 6.07) is 0.382. The molecule has 8 heteroatoms. The van der Waals surface area contributed by atoms with E-state index in [1.54, 1.807) is 15.2 Å². The smallest absolute Gasteiger partial charge is 0.246 e. The largest absolute Gasteiger partial charge is 0.379 e. The fraction of sp³-hybridized carbons (Fsp3) is 0.769. The highest BCUT2D eigenvalue weighted by Gasteiger charge is 2.31. The number of ether oxygens (including phenoxy) is 1. The zero-order valence-electron chi connectivity index (χ0n) is 12.2. The summed E-state index contributed by atoms with van der Waals surface area (Å²) in [4.78, 5) is 0.283. The minimum atomic E-state index is -3.44. The molecule has 2 aliphatic heterocycles. The summed E-state index contributed by atoms with van der Waals surface area (Å²) >= 11 is 0. The van der Waals surface area contributed by atoms with Crippen LogP contribution in [-0.2, 0) is 14.8 Å². The summed E-state index contributed by atoms with van der Waals surface area (Å²) in [5.41, 5.74) is 0. The number of aromatic nitrogens is 2. The number of sulfonamides is 1. The molecule has 0 bridgehead atoms. The quantitative estimate of drug-likeness (QED) is 0.860. The van der Waals surface area contributed by atoms with Crippen molar-refractivity contribution < 1.29 is 13.2 Å². The Bertz CT molecular complexity index is 580. The van der Waals surface area contributed by atoms with E-state index < -0.39 is 10.0 Å². The van der Waals surface area contributed by atoms with Crippen LogP contribution in [0.5, 0.6) is 0 Å². The lowest BCUT2D eigenvalue weighted by molar-refractivity contribution is 0.184. The van der Waals surface area contributed by atoms with Gasteiger partial charge in [0.15, 0.2) is 0 Å². The second kappa shape index (κ2) is 6.04. The second-order valence-electron chi connectivity index (χ2n) is 5.66. The van der Waals surface area contributed by atoms with E-state index in [0.717, 1.165) is 19.3 Å². The highest BCUT2D eigenvalue weighted by atomic mass is 32.2. The summed E-state index contributed by atoms with van der Waals surface area (Å²) in [6.07, 6.45) is 5.87. The highest BCUT2D eigenvalue weighted by Crippen LogP contribution is 2.23. The summed E-state index contributed by atoms with van der Waals surface area (Å²) in [6.45, 7) is 2.42. The number of nitrogens with zero attached hydrogens (tertiary/aromatic N) is 3. The van der Waals surface area contributed by atoms with Crippen LogP contribution in [-0.4, -0.2) is 61.9 Å². The van der Waals surface area contributed by atoms with Crippen LogP contribution >= 0.6 is 0 Å². The number of piperidine rings is 1. The van der Waals surface area contributed by atoms with E-state index in [2.05, 4.69) is 10.4 Å². The molecule has 2 unspecified atom stereocenters. The third-order valence-electron chi connectivity index (χ3n) is 4.29. The van der Waals surface area contributed by atoms with Gasteiger partial charge in [-0.25, -0.2) is 8.42 Å². The predicted molar refractivity (Wildman–Crippen MR) is 77.5 cm³/mol. The molecule has 118 valence electrons. The maximum Gasteiger partial charge on any atom is 0.246 e. The second-order valence-corrected chi connectivity index (χ2v) is 7.60. The molecule has 0 radical (unpaired) electrons. The summed E-state index contributed by atoms with van der Waals surface area (Å²) < 4.78 is 34.0. The zero-order valence-corrected chi connectivity index (χ0v) is 13.1. The summed E-state index contributed by atoms with van der Waals surface area (Å²) in [7, 11) is -1.57. The van der Waals surface area contributed by atoms with Gasteiger partial charge in [0.1, 0.15) is 4.90 Å². The van der Waals surface area contributed by atoms with Crippen LogP contribution < -0.4 is 5.32 Å². The Morgan fingerprint density at radius 3 is 3.00 bits per heavy atom. The molecular formula is C13H22N4O3S. The first-order valence-corrected chi connectivity index (χ1v) is 8.84.